The van der Waals surface area contributed by atoms with Crippen LogP contribution in [0.25, 0.3) is 6.08 Å². The number of para-hydroxylation sites is 1. The van der Waals surface area contributed by atoms with Crippen LogP contribution in [0.15, 0.2) is 30.3 Å². The van der Waals surface area contributed by atoms with E-state index in [-0.39, 0.29) is 18.9 Å². The third-order valence-corrected chi connectivity index (χ3v) is 2.56. The van der Waals surface area contributed by atoms with Gasteiger partial charge in [-0.05, 0) is 12.1 Å². The van der Waals surface area contributed by atoms with E-state index in [0.717, 1.165) is 5.56 Å². The highest BCUT2D eigenvalue weighted by molar-refractivity contribution is 5.92. The molecule has 0 fully saturated rings. The molecular formula is C14H17NO5. The lowest BCUT2D eigenvalue weighted by molar-refractivity contribution is -0.147. The number of carboxylic acid groups (broad SMARTS) is 1. The van der Waals surface area contributed by atoms with Crippen molar-refractivity contribution in [3.63, 3.8) is 0 Å². The first-order chi connectivity index (χ1) is 9.54. The summed E-state index contributed by atoms with van der Waals surface area (Å²) in [6.07, 6.45) is 1.42. The van der Waals surface area contributed by atoms with E-state index in [4.69, 9.17) is 14.9 Å². The number of aliphatic carboxylic acids is 1. The molecule has 3 N–H and O–H groups in total. The lowest BCUT2D eigenvalue weighted by atomic mass is 10.2. The number of methoxy groups -OCH3 is 1. The Morgan fingerprint density at radius 1 is 1.40 bits per heavy atom. The van der Waals surface area contributed by atoms with Gasteiger partial charge >= 0.3 is 5.97 Å². The number of benzene rings is 1. The molecule has 1 atom stereocenters. The normalized spacial score (nSPS) is 12.1. The Morgan fingerprint density at radius 3 is 2.75 bits per heavy atom. The van der Waals surface area contributed by atoms with Crippen LogP contribution < -0.4 is 10.1 Å². The molecular weight excluding hydrogens is 262 g/mol. The van der Waals surface area contributed by atoms with Crippen molar-refractivity contribution in [3.8, 4) is 5.75 Å². The Bertz CT molecular complexity index is 498. The Labute approximate surface area is 116 Å². The van der Waals surface area contributed by atoms with Crippen LogP contribution in [0.2, 0.25) is 0 Å². The minimum atomic E-state index is -1.46. The Hall–Kier alpha value is -2.34. The van der Waals surface area contributed by atoms with E-state index in [9.17, 15) is 9.59 Å². The van der Waals surface area contributed by atoms with E-state index in [1.165, 1.54) is 6.08 Å². The average molecular weight is 279 g/mol. The minimum Gasteiger partial charge on any atom is -0.496 e. The standard InChI is InChI=1S/C14H17NO5/c1-20-12-5-3-2-4-10(12)6-7-13(17)15-9-8-11(16)14(18)19/h2-7,11,16H,8-9H2,1H3,(H,15,17)(H,18,19)/b7-6+/t11-/m0/s1. The van der Waals surface area contributed by atoms with Crippen LogP contribution in [0.1, 0.15) is 12.0 Å². The average Bonchev–Trinajstić information content (AvgIpc) is 2.45. The maximum atomic E-state index is 11.5. The van der Waals surface area contributed by atoms with Crippen LogP contribution in [0.3, 0.4) is 0 Å². The molecule has 0 aliphatic carbocycles. The zero-order valence-corrected chi connectivity index (χ0v) is 11.1. The molecule has 6 heteroatoms. The van der Waals surface area contributed by atoms with Crippen LogP contribution in [0, 0.1) is 0 Å². The zero-order valence-electron chi connectivity index (χ0n) is 11.1. The van der Waals surface area contributed by atoms with Gasteiger partial charge in [0, 0.05) is 24.6 Å². The topological polar surface area (TPSA) is 95.9 Å². The number of carbonyl (C=O) groups is 2. The molecule has 0 saturated heterocycles. The number of aliphatic hydroxyl groups excluding tert-OH is 1. The molecule has 1 amide bonds. The first kappa shape index (κ1) is 15.7. The van der Waals surface area contributed by atoms with Crippen LogP contribution >= 0.6 is 0 Å². The van der Waals surface area contributed by atoms with Gasteiger partial charge in [0.25, 0.3) is 0 Å². The van der Waals surface area contributed by atoms with Gasteiger partial charge in [0.1, 0.15) is 5.75 Å². The van der Waals surface area contributed by atoms with E-state index in [0.29, 0.717) is 5.75 Å². The first-order valence-electron chi connectivity index (χ1n) is 6.04. The molecule has 0 aliphatic rings. The molecule has 0 spiro atoms. The molecule has 0 aromatic heterocycles. The molecule has 1 aromatic carbocycles. The van der Waals surface area contributed by atoms with Crippen LogP contribution in [-0.2, 0) is 9.59 Å². The molecule has 20 heavy (non-hydrogen) atoms. The molecule has 0 saturated carbocycles. The van der Waals surface area contributed by atoms with E-state index in [1.807, 2.05) is 12.1 Å². The van der Waals surface area contributed by atoms with Gasteiger partial charge in [0.2, 0.25) is 5.91 Å². The highest BCUT2D eigenvalue weighted by Gasteiger charge is 2.12. The summed E-state index contributed by atoms with van der Waals surface area (Å²) in [6, 6.07) is 7.23. The molecule has 1 rings (SSSR count). The number of carboxylic acids is 1. The van der Waals surface area contributed by atoms with Crippen molar-refractivity contribution in [2.45, 2.75) is 12.5 Å². The number of hydrogen-bond acceptors (Lipinski definition) is 4. The van der Waals surface area contributed by atoms with Gasteiger partial charge < -0.3 is 20.3 Å². The maximum Gasteiger partial charge on any atom is 0.332 e. The number of amides is 1. The van der Waals surface area contributed by atoms with Gasteiger partial charge in [-0.2, -0.15) is 0 Å². The zero-order chi connectivity index (χ0) is 15.0. The van der Waals surface area contributed by atoms with E-state index in [1.54, 1.807) is 25.3 Å². The highest BCUT2D eigenvalue weighted by atomic mass is 16.5. The van der Waals surface area contributed by atoms with E-state index in [2.05, 4.69) is 5.32 Å². The van der Waals surface area contributed by atoms with Gasteiger partial charge in [0.05, 0.1) is 7.11 Å². The molecule has 1 aromatic rings. The summed E-state index contributed by atoms with van der Waals surface area (Å²) >= 11 is 0. The Balaban J connectivity index is 2.46. The third kappa shape index (κ3) is 5.11. The number of aliphatic hydroxyl groups is 1. The Kier molecular flexibility index (Phi) is 6.25. The van der Waals surface area contributed by atoms with E-state index >= 15 is 0 Å². The fourth-order valence-corrected chi connectivity index (χ4v) is 1.48. The molecule has 108 valence electrons. The fraction of sp³-hybridized carbons (Fsp3) is 0.286. The number of carbonyl (C=O) groups excluding carboxylic acids is 1. The number of ether oxygens (including phenoxy) is 1. The van der Waals surface area contributed by atoms with Gasteiger partial charge in [-0.3, -0.25) is 4.79 Å². The third-order valence-electron chi connectivity index (χ3n) is 2.56. The largest absolute Gasteiger partial charge is 0.496 e. The fourth-order valence-electron chi connectivity index (χ4n) is 1.48. The van der Waals surface area contributed by atoms with Crippen LogP contribution in [0.5, 0.6) is 5.75 Å². The van der Waals surface area contributed by atoms with Gasteiger partial charge in [0.15, 0.2) is 6.10 Å². The van der Waals surface area contributed by atoms with Gasteiger partial charge in [-0.25, -0.2) is 4.79 Å². The lowest BCUT2D eigenvalue weighted by Crippen LogP contribution is -2.28. The summed E-state index contributed by atoms with van der Waals surface area (Å²) in [7, 11) is 1.54. The summed E-state index contributed by atoms with van der Waals surface area (Å²) in [5.74, 6) is -1.02. The van der Waals surface area contributed by atoms with Gasteiger partial charge in [-0.15, -0.1) is 0 Å². The minimum absolute atomic E-state index is 0.0381. The second-order valence-electron chi connectivity index (χ2n) is 4.01. The first-order valence-corrected chi connectivity index (χ1v) is 6.04. The summed E-state index contributed by atoms with van der Waals surface area (Å²) in [6.45, 7) is 0.0859. The molecule has 0 unspecified atom stereocenters. The van der Waals surface area contributed by atoms with Crippen molar-refractivity contribution in [2.75, 3.05) is 13.7 Å². The maximum absolute atomic E-state index is 11.5. The van der Waals surface area contributed by atoms with Crippen LogP contribution in [0.4, 0.5) is 0 Å². The van der Waals surface area contributed by atoms with Crippen molar-refractivity contribution >= 4 is 18.0 Å². The lowest BCUT2D eigenvalue weighted by Gasteiger charge is -2.06. The quantitative estimate of drug-likeness (QED) is 0.637. The summed E-state index contributed by atoms with van der Waals surface area (Å²) in [4.78, 5) is 21.9. The number of nitrogens with one attached hydrogen (secondary N) is 1. The molecule has 0 heterocycles. The van der Waals surface area contributed by atoms with Gasteiger partial charge in [-0.1, -0.05) is 18.2 Å². The second-order valence-corrected chi connectivity index (χ2v) is 4.01. The predicted molar refractivity (Wildman–Crippen MR) is 73.3 cm³/mol. The van der Waals surface area contributed by atoms with Crippen molar-refractivity contribution < 1.29 is 24.5 Å². The number of rotatable bonds is 7. The monoisotopic (exact) mass is 279 g/mol. The van der Waals surface area contributed by atoms with Crippen molar-refractivity contribution in [3.05, 3.63) is 35.9 Å². The highest BCUT2D eigenvalue weighted by Crippen LogP contribution is 2.18. The molecule has 0 aliphatic heterocycles. The summed E-state index contributed by atoms with van der Waals surface area (Å²) < 4.78 is 5.14. The van der Waals surface area contributed by atoms with E-state index < -0.39 is 12.1 Å². The van der Waals surface area contributed by atoms with Crippen molar-refractivity contribution in [1.82, 2.24) is 5.32 Å². The number of hydrogen-bond donors (Lipinski definition) is 3. The SMILES string of the molecule is COc1ccccc1/C=C/C(=O)NCC[C@H](O)C(=O)O. The Morgan fingerprint density at radius 2 is 2.10 bits per heavy atom. The molecule has 0 radical (unpaired) electrons. The summed E-state index contributed by atoms with van der Waals surface area (Å²) in [5.41, 5.74) is 0.760. The predicted octanol–water partition coefficient (Wildman–Crippen LogP) is 0.660. The second kappa shape index (κ2) is 7.96. The van der Waals surface area contributed by atoms with Crippen LogP contribution in [-0.4, -0.2) is 41.8 Å². The van der Waals surface area contributed by atoms with Crippen molar-refractivity contribution in [1.29, 1.82) is 0 Å². The molecule has 6 nitrogen and oxygen atoms in total. The summed E-state index contributed by atoms with van der Waals surface area (Å²) in [5, 5.41) is 20.0. The van der Waals surface area contributed by atoms with Crippen molar-refractivity contribution in [2.24, 2.45) is 0 Å². The molecule has 0 bridgehead atoms. The smallest absolute Gasteiger partial charge is 0.332 e.